The normalized spacial score (nSPS) is 14.3. The molecule has 0 radical (unpaired) electrons. The van der Waals surface area contributed by atoms with Gasteiger partial charge in [0.05, 0.1) is 6.10 Å². The molecule has 1 aromatic carbocycles. The van der Waals surface area contributed by atoms with Gasteiger partial charge in [-0.3, -0.25) is 4.79 Å². The Morgan fingerprint density at radius 1 is 1.12 bits per heavy atom. The van der Waals surface area contributed by atoms with E-state index in [0.29, 0.717) is 5.69 Å². The van der Waals surface area contributed by atoms with Crippen molar-refractivity contribution in [3.8, 4) is 5.75 Å². The first kappa shape index (κ1) is 16.0. The Bertz CT molecular complexity index is 737. The van der Waals surface area contributed by atoms with E-state index in [1.165, 1.54) is 31.2 Å². The number of carbonyl (C=O) groups is 2. The topological polar surface area (TPSA) is 88.5 Å². The summed E-state index contributed by atoms with van der Waals surface area (Å²) >= 11 is 0. The number of anilines is 1. The third-order valence-electron chi connectivity index (χ3n) is 3.96. The summed E-state index contributed by atoms with van der Waals surface area (Å²) in [6.45, 7) is 0. The van der Waals surface area contributed by atoms with E-state index in [4.69, 9.17) is 9.84 Å². The van der Waals surface area contributed by atoms with Crippen LogP contribution in [0.4, 0.5) is 5.69 Å². The molecule has 1 aromatic heterocycles. The average Bonchev–Trinajstić information content (AvgIpc) is 3.10. The number of nitrogens with zero attached hydrogens (tertiary/aromatic N) is 1. The van der Waals surface area contributed by atoms with Crippen molar-refractivity contribution in [3.05, 3.63) is 53.9 Å². The van der Waals surface area contributed by atoms with Gasteiger partial charge in [-0.15, -0.1) is 0 Å². The number of pyridine rings is 1. The first-order valence-corrected chi connectivity index (χ1v) is 7.89. The highest BCUT2D eigenvalue weighted by Gasteiger charge is 2.16. The van der Waals surface area contributed by atoms with Crippen molar-refractivity contribution >= 4 is 17.6 Å². The fraction of sp³-hybridized carbons (Fsp3) is 0.278. The fourth-order valence-electron chi connectivity index (χ4n) is 2.71. The van der Waals surface area contributed by atoms with Crippen molar-refractivity contribution in [2.24, 2.45) is 0 Å². The molecule has 1 saturated carbocycles. The van der Waals surface area contributed by atoms with Crippen molar-refractivity contribution in [2.45, 2.75) is 31.8 Å². The molecule has 1 heterocycles. The van der Waals surface area contributed by atoms with E-state index in [2.05, 4.69) is 10.3 Å². The molecule has 0 saturated heterocycles. The number of aromatic carboxylic acids is 1. The lowest BCUT2D eigenvalue weighted by Gasteiger charge is -2.13. The lowest BCUT2D eigenvalue weighted by molar-refractivity contribution is 0.0690. The number of ether oxygens (including phenoxy) is 1. The molecule has 6 nitrogen and oxygen atoms in total. The number of amides is 1. The fourth-order valence-corrected chi connectivity index (χ4v) is 2.71. The van der Waals surface area contributed by atoms with Crippen molar-refractivity contribution in [1.29, 1.82) is 0 Å². The van der Waals surface area contributed by atoms with Crippen LogP contribution in [0.2, 0.25) is 0 Å². The van der Waals surface area contributed by atoms with Crippen molar-refractivity contribution < 1.29 is 19.4 Å². The predicted molar refractivity (Wildman–Crippen MR) is 88.5 cm³/mol. The first-order chi connectivity index (χ1) is 11.6. The quantitative estimate of drug-likeness (QED) is 0.879. The monoisotopic (exact) mass is 326 g/mol. The molecule has 1 aliphatic carbocycles. The van der Waals surface area contributed by atoms with Crippen LogP contribution in [0.5, 0.6) is 5.75 Å². The van der Waals surface area contributed by atoms with E-state index in [1.807, 2.05) is 12.1 Å². The van der Waals surface area contributed by atoms with Gasteiger partial charge in [0.1, 0.15) is 11.4 Å². The zero-order valence-electron chi connectivity index (χ0n) is 13.1. The van der Waals surface area contributed by atoms with Crippen LogP contribution in [0.25, 0.3) is 0 Å². The number of hydrogen-bond acceptors (Lipinski definition) is 4. The summed E-state index contributed by atoms with van der Waals surface area (Å²) in [4.78, 5) is 26.8. The molecule has 0 aliphatic heterocycles. The highest BCUT2D eigenvalue weighted by atomic mass is 16.5. The number of hydrogen-bond donors (Lipinski definition) is 2. The SMILES string of the molecule is O=C(Nc1ccc(OC2CCCC2)cc1)c1ccnc(C(=O)O)c1. The number of carbonyl (C=O) groups excluding carboxylic acids is 1. The van der Waals surface area contributed by atoms with E-state index >= 15 is 0 Å². The summed E-state index contributed by atoms with van der Waals surface area (Å²) in [5.74, 6) is -0.764. The van der Waals surface area contributed by atoms with Crippen molar-refractivity contribution in [3.63, 3.8) is 0 Å². The highest BCUT2D eigenvalue weighted by molar-refractivity contribution is 6.05. The second kappa shape index (κ2) is 7.12. The molecule has 24 heavy (non-hydrogen) atoms. The van der Waals surface area contributed by atoms with Crippen LogP contribution in [0, 0.1) is 0 Å². The Kier molecular flexibility index (Phi) is 4.74. The van der Waals surface area contributed by atoms with Crippen molar-refractivity contribution in [1.82, 2.24) is 4.98 Å². The maximum Gasteiger partial charge on any atom is 0.354 e. The third-order valence-corrected chi connectivity index (χ3v) is 3.96. The van der Waals surface area contributed by atoms with Crippen LogP contribution in [-0.2, 0) is 0 Å². The Morgan fingerprint density at radius 2 is 1.83 bits per heavy atom. The highest BCUT2D eigenvalue weighted by Crippen LogP contribution is 2.25. The molecule has 124 valence electrons. The Morgan fingerprint density at radius 3 is 2.50 bits per heavy atom. The summed E-state index contributed by atoms with van der Waals surface area (Å²) in [7, 11) is 0. The number of rotatable bonds is 5. The number of nitrogens with one attached hydrogen (secondary N) is 1. The lowest BCUT2D eigenvalue weighted by Crippen LogP contribution is -2.14. The Hall–Kier alpha value is -2.89. The Balaban J connectivity index is 1.63. The Labute approximate surface area is 139 Å². The maximum atomic E-state index is 12.2. The first-order valence-electron chi connectivity index (χ1n) is 7.89. The molecule has 0 unspecified atom stereocenters. The molecule has 1 fully saturated rings. The zero-order valence-corrected chi connectivity index (χ0v) is 13.1. The van der Waals surface area contributed by atoms with E-state index in [9.17, 15) is 9.59 Å². The van der Waals surface area contributed by atoms with Gasteiger partial charge in [0.25, 0.3) is 5.91 Å². The maximum absolute atomic E-state index is 12.2. The van der Waals surface area contributed by atoms with Gasteiger partial charge >= 0.3 is 5.97 Å². The van der Waals surface area contributed by atoms with Gasteiger partial charge < -0.3 is 15.2 Å². The molecular weight excluding hydrogens is 308 g/mol. The van der Waals surface area contributed by atoms with Gasteiger partial charge in [0, 0.05) is 17.4 Å². The molecule has 1 aliphatic rings. The van der Waals surface area contributed by atoms with Gasteiger partial charge in [0.2, 0.25) is 0 Å². The van der Waals surface area contributed by atoms with E-state index < -0.39 is 5.97 Å². The molecule has 6 heteroatoms. The molecular formula is C18H18N2O4. The lowest BCUT2D eigenvalue weighted by atomic mass is 10.2. The largest absolute Gasteiger partial charge is 0.490 e. The number of aromatic nitrogens is 1. The summed E-state index contributed by atoms with van der Waals surface area (Å²) in [5, 5.41) is 11.7. The second-order valence-electron chi connectivity index (χ2n) is 5.74. The van der Waals surface area contributed by atoms with E-state index in [-0.39, 0.29) is 23.3 Å². The third kappa shape index (κ3) is 3.90. The standard InChI is InChI=1S/C18H18N2O4/c21-17(12-9-10-19-16(11-12)18(22)23)20-13-5-7-15(8-6-13)24-14-3-1-2-4-14/h5-11,14H,1-4H2,(H,20,21)(H,22,23). The molecule has 2 N–H and O–H groups in total. The second-order valence-corrected chi connectivity index (χ2v) is 5.74. The van der Waals surface area contributed by atoms with Crippen LogP contribution in [-0.4, -0.2) is 28.1 Å². The molecule has 2 aromatic rings. The predicted octanol–water partition coefficient (Wildman–Crippen LogP) is 3.35. The molecule has 1 amide bonds. The number of carboxylic acid groups (broad SMARTS) is 1. The molecule has 0 spiro atoms. The molecule has 0 atom stereocenters. The average molecular weight is 326 g/mol. The summed E-state index contributed by atoms with van der Waals surface area (Å²) in [6, 6.07) is 9.89. The smallest absolute Gasteiger partial charge is 0.354 e. The van der Waals surface area contributed by atoms with E-state index in [1.54, 1.807) is 12.1 Å². The van der Waals surface area contributed by atoms with Gasteiger partial charge in [-0.1, -0.05) is 0 Å². The zero-order chi connectivity index (χ0) is 16.9. The van der Waals surface area contributed by atoms with Crippen LogP contribution in [0.3, 0.4) is 0 Å². The van der Waals surface area contributed by atoms with Crippen LogP contribution < -0.4 is 10.1 Å². The van der Waals surface area contributed by atoms with Crippen LogP contribution in [0.1, 0.15) is 46.5 Å². The van der Waals surface area contributed by atoms with Crippen molar-refractivity contribution in [2.75, 3.05) is 5.32 Å². The number of benzene rings is 1. The van der Waals surface area contributed by atoms with Gasteiger partial charge in [-0.05, 0) is 62.1 Å². The van der Waals surface area contributed by atoms with Gasteiger partial charge in [-0.25, -0.2) is 9.78 Å². The van der Waals surface area contributed by atoms with Gasteiger partial charge in [0.15, 0.2) is 0 Å². The van der Waals surface area contributed by atoms with E-state index in [0.717, 1.165) is 18.6 Å². The minimum atomic E-state index is -1.17. The summed E-state index contributed by atoms with van der Waals surface area (Å²) in [6.07, 6.45) is 6.19. The van der Waals surface area contributed by atoms with Crippen LogP contribution >= 0.6 is 0 Å². The van der Waals surface area contributed by atoms with Gasteiger partial charge in [-0.2, -0.15) is 0 Å². The minimum Gasteiger partial charge on any atom is -0.490 e. The molecule has 3 rings (SSSR count). The minimum absolute atomic E-state index is 0.164. The van der Waals surface area contributed by atoms with Crippen LogP contribution in [0.15, 0.2) is 42.6 Å². The number of carboxylic acids is 1. The summed E-state index contributed by atoms with van der Waals surface area (Å²) in [5.41, 5.74) is 0.698. The summed E-state index contributed by atoms with van der Waals surface area (Å²) < 4.78 is 5.88. The molecule has 0 bridgehead atoms.